The quantitative estimate of drug-likeness (QED) is 0.372. The summed E-state index contributed by atoms with van der Waals surface area (Å²) in [6.45, 7) is 3.65. The smallest absolute Gasteiger partial charge is 0.506 e. The highest BCUT2D eigenvalue weighted by molar-refractivity contribution is 6.51. The van der Waals surface area contributed by atoms with E-state index in [-0.39, 0.29) is 23.0 Å². The van der Waals surface area contributed by atoms with Crippen LogP contribution in [-0.2, 0) is 24.5 Å². The van der Waals surface area contributed by atoms with Gasteiger partial charge in [-0.3, -0.25) is 9.59 Å². The molecule has 0 bridgehead atoms. The molecule has 3 aromatic rings. The molecular formula is C28H27BCl2N2O5. The maximum absolute atomic E-state index is 13.5. The van der Waals surface area contributed by atoms with Gasteiger partial charge in [0.2, 0.25) is 11.5 Å². The van der Waals surface area contributed by atoms with E-state index in [0.29, 0.717) is 22.6 Å². The van der Waals surface area contributed by atoms with Crippen LogP contribution in [-0.4, -0.2) is 37.4 Å². The van der Waals surface area contributed by atoms with Gasteiger partial charge in [0.05, 0.1) is 23.1 Å². The van der Waals surface area contributed by atoms with Crippen molar-refractivity contribution in [2.24, 2.45) is 5.92 Å². The summed E-state index contributed by atoms with van der Waals surface area (Å²) in [5.41, 5.74) is -0.0720. The average Bonchev–Trinajstić information content (AvgIpc) is 3.27. The SMILES string of the molecule is CC(C)C[C@H](NC(=O)CNC(=O)c1cc(Cl)ccc1Cl)B1OC(=O)C(c2ccccc2)(c2ccccc2)O1. The van der Waals surface area contributed by atoms with E-state index in [1.165, 1.54) is 12.1 Å². The molecule has 0 saturated carbocycles. The van der Waals surface area contributed by atoms with Crippen LogP contribution in [0, 0.1) is 5.92 Å². The van der Waals surface area contributed by atoms with Crippen molar-refractivity contribution in [3.63, 3.8) is 0 Å². The number of hydrogen-bond donors (Lipinski definition) is 2. The van der Waals surface area contributed by atoms with Crippen molar-refractivity contribution >= 4 is 48.1 Å². The maximum Gasteiger partial charge on any atom is 0.552 e. The molecule has 4 rings (SSSR count). The third-order valence-electron chi connectivity index (χ3n) is 6.15. The Morgan fingerprint density at radius 1 is 0.947 bits per heavy atom. The van der Waals surface area contributed by atoms with Crippen molar-refractivity contribution in [2.45, 2.75) is 31.8 Å². The van der Waals surface area contributed by atoms with Gasteiger partial charge in [0.1, 0.15) is 0 Å². The van der Waals surface area contributed by atoms with E-state index in [9.17, 15) is 14.4 Å². The van der Waals surface area contributed by atoms with Crippen LogP contribution in [0.3, 0.4) is 0 Å². The summed E-state index contributed by atoms with van der Waals surface area (Å²) < 4.78 is 12.2. The van der Waals surface area contributed by atoms with Crippen LogP contribution in [0.4, 0.5) is 0 Å². The summed E-state index contributed by atoms with van der Waals surface area (Å²) in [7, 11) is -1.05. The van der Waals surface area contributed by atoms with Crippen molar-refractivity contribution in [3.8, 4) is 0 Å². The van der Waals surface area contributed by atoms with Gasteiger partial charge >= 0.3 is 13.1 Å². The molecule has 2 N–H and O–H groups in total. The lowest BCUT2D eigenvalue weighted by Crippen LogP contribution is -2.51. The van der Waals surface area contributed by atoms with Gasteiger partial charge in [0, 0.05) is 5.02 Å². The minimum absolute atomic E-state index is 0.144. The van der Waals surface area contributed by atoms with Gasteiger partial charge in [-0.05, 0) is 41.7 Å². The summed E-state index contributed by atoms with van der Waals surface area (Å²) in [4.78, 5) is 38.9. The van der Waals surface area contributed by atoms with Gasteiger partial charge in [-0.2, -0.15) is 0 Å². The number of hydrogen-bond acceptors (Lipinski definition) is 5. The molecule has 7 nitrogen and oxygen atoms in total. The molecule has 1 atom stereocenters. The molecule has 196 valence electrons. The highest BCUT2D eigenvalue weighted by Crippen LogP contribution is 2.41. The zero-order valence-electron chi connectivity index (χ0n) is 20.9. The minimum Gasteiger partial charge on any atom is -0.506 e. The first-order chi connectivity index (χ1) is 18.2. The number of amides is 2. The zero-order valence-corrected chi connectivity index (χ0v) is 22.5. The fraction of sp³-hybridized carbons (Fsp3) is 0.250. The number of nitrogens with one attached hydrogen (secondary N) is 2. The van der Waals surface area contributed by atoms with Crippen LogP contribution in [0.2, 0.25) is 10.0 Å². The molecule has 0 spiro atoms. The molecule has 38 heavy (non-hydrogen) atoms. The molecule has 1 saturated heterocycles. The summed E-state index contributed by atoms with van der Waals surface area (Å²) in [6, 6.07) is 22.7. The number of carbonyl (C=O) groups excluding carboxylic acids is 3. The van der Waals surface area contributed by atoms with E-state index >= 15 is 0 Å². The van der Waals surface area contributed by atoms with E-state index in [2.05, 4.69) is 10.6 Å². The predicted molar refractivity (Wildman–Crippen MR) is 147 cm³/mol. The largest absolute Gasteiger partial charge is 0.552 e. The van der Waals surface area contributed by atoms with Gasteiger partial charge < -0.3 is 19.9 Å². The van der Waals surface area contributed by atoms with E-state index in [1.807, 2.05) is 74.5 Å². The number of rotatable bonds is 9. The molecule has 1 aliphatic rings. The Bertz CT molecular complexity index is 1270. The Balaban J connectivity index is 1.52. The second-order valence-electron chi connectivity index (χ2n) is 9.42. The molecule has 10 heteroatoms. The van der Waals surface area contributed by atoms with Crippen LogP contribution < -0.4 is 10.6 Å². The number of halogens is 2. The normalized spacial score (nSPS) is 15.2. The highest BCUT2D eigenvalue weighted by Gasteiger charge is 2.57. The van der Waals surface area contributed by atoms with Crippen LogP contribution in [0.25, 0.3) is 0 Å². The van der Waals surface area contributed by atoms with Gasteiger partial charge in [-0.15, -0.1) is 0 Å². The van der Waals surface area contributed by atoms with Crippen LogP contribution >= 0.6 is 23.2 Å². The molecule has 1 heterocycles. The summed E-state index contributed by atoms with van der Waals surface area (Å²) >= 11 is 12.1. The first-order valence-corrected chi connectivity index (χ1v) is 13.0. The minimum atomic E-state index is -1.48. The van der Waals surface area contributed by atoms with E-state index in [4.69, 9.17) is 32.5 Å². The second kappa shape index (κ2) is 12.0. The standard InChI is InChI=1S/C28H27BCl2N2O5/c1-18(2)15-24(33-25(34)17-32-26(35)22-16-21(30)13-14-23(22)31)29-37-27(36)28(38-29,19-9-5-3-6-10-19)20-11-7-4-8-12-20/h3-14,16,18,24H,15,17H2,1-2H3,(H,32,35)(H,33,34)/t24-/m0/s1. The molecule has 0 aromatic heterocycles. The summed E-state index contributed by atoms with van der Waals surface area (Å²) in [5.74, 6) is -2.09. The Hall–Kier alpha value is -3.33. The molecule has 1 fully saturated rings. The monoisotopic (exact) mass is 552 g/mol. The number of carbonyl (C=O) groups is 3. The van der Waals surface area contributed by atoms with E-state index in [1.54, 1.807) is 6.07 Å². The fourth-order valence-electron chi connectivity index (χ4n) is 4.41. The van der Waals surface area contributed by atoms with Gasteiger partial charge in [-0.1, -0.05) is 97.7 Å². The fourth-order valence-corrected chi connectivity index (χ4v) is 4.79. The van der Waals surface area contributed by atoms with Crippen LogP contribution in [0.1, 0.15) is 41.8 Å². The Kier molecular flexibility index (Phi) is 8.77. The van der Waals surface area contributed by atoms with Crippen molar-refractivity contribution in [2.75, 3.05) is 6.54 Å². The van der Waals surface area contributed by atoms with Crippen molar-refractivity contribution < 1.29 is 23.7 Å². The molecule has 2 amide bonds. The maximum atomic E-state index is 13.5. The van der Waals surface area contributed by atoms with E-state index in [0.717, 1.165) is 0 Å². The Morgan fingerprint density at radius 3 is 2.13 bits per heavy atom. The van der Waals surface area contributed by atoms with Crippen molar-refractivity contribution in [1.82, 2.24) is 10.6 Å². The Labute approximate surface area is 231 Å². The predicted octanol–water partition coefficient (Wildman–Crippen LogP) is 4.80. The lowest BCUT2D eigenvalue weighted by molar-refractivity contribution is -0.141. The second-order valence-corrected chi connectivity index (χ2v) is 10.3. The summed E-state index contributed by atoms with van der Waals surface area (Å²) in [5, 5.41) is 5.99. The molecule has 0 unspecified atom stereocenters. The van der Waals surface area contributed by atoms with Crippen molar-refractivity contribution in [1.29, 1.82) is 0 Å². The van der Waals surface area contributed by atoms with Gasteiger partial charge in [-0.25, -0.2) is 4.79 Å². The average molecular weight is 553 g/mol. The van der Waals surface area contributed by atoms with Crippen LogP contribution in [0.5, 0.6) is 0 Å². The number of benzene rings is 3. The molecule has 3 aromatic carbocycles. The zero-order chi connectivity index (χ0) is 27.3. The first-order valence-electron chi connectivity index (χ1n) is 12.2. The van der Waals surface area contributed by atoms with E-state index < -0.39 is 36.4 Å². The lowest BCUT2D eigenvalue weighted by Gasteiger charge is -2.27. The van der Waals surface area contributed by atoms with Gasteiger partial charge in [0.25, 0.3) is 5.91 Å². The molecule has 0 aliphatic carbocycles. The Morgan fingerprint density at radius 2 is 1.55 bits per heavy atom. The van der Waals surface area contributed by atoms with Crippen molar-refractivity contribution in [3.05, 3.63) is 106 Å². The molecular weight excluding hydrogens is 526 g/mol. The molecule has 0 radical (unpaired) electrons. The summed E-state index contributed by atoms with van der Waals surface area (Å²) in [6.07, 6.45) is 0.470. The highest BCUT2D eigenvalue weighted by atomic mass is 35.5. The lowest BCUT2D eigenvalue weighted by atomic mass is 9.73. The molecule has 1 aliphatic heterocycles. The third-order valence-corrected chi connectivity index (χ3v) is 6.71. The third kappa shape index (κ3) is 6.04. The topological polar surface area (TPSA) is 93.7 Å². The first kappa shape index (κ1) is 27.7. The van der Waals surface area contributed by atoms with Crippen LogP contribution in [0.15, 0.2) is 78.9 Å². The van der Waals surface area contributed by atoms with Gasteiger partial charge in [0.15, 0.2) is 0 Å².